The molecular formula is C42H44Br2N4O3. The predicted octanol–water partition coefficient (Wildman–Crippen LogP) is 11.3. The van der Waals surface area contributed by atoms with Gasteiger partial charge in [-0.3, -0.25) is 9.13 Å². The molecule has 1 N–H and O–H groups in total. The van der Waals surface area contributed by atoms with Crippen LogP contribution in [0.15, 0.2) is 118 Å². The lowest BCUT2D eigenvalue weighted by Gasteiger charge is -2.14. The molecule has 0 fully saturated rings. The first-order valence-electron chi connectivity index (χ1n) is 17.1. The van der Waals surface area contributed by atoms with Gasteiger partial charge in [-0.1, -0.05) is 108 Å². The molecule has 6 aromatic rings. The minimum absolute atomic E-state index is 0.309. The van der Waals surface area contributed by atoms with Gasteiger partial charge < -0.3 is 9.84 Å². The molecule has 0 saturated heterocycles. The Balaban J connectivity index is 0.000000198. The summed E-state index contributed by atoms with van der Waals surface area (Å²) in [6.07, 6.45) is 3.67. The second-order valence-corrected chi connectivity index (χ2v) is 15.2. The van der Waals surface area contributed by atoms with Crippen LogP contribution in [0, 0.1) is 0 Å². The first kappa shape index (κ1) is 37.9. The molecule has 2 aromatic heterocycles. The summed E-state index contributed by atoms with van der Waals surface area (Å²) < 4.78 is 11.2. The molecule has 0 atom stereocenters. The zero-order valence-corrected chi connectivity index (χ0v) is 33.2. The van der Waals surface area contributed by atoms with Crippen LogP contribution in [-0.2, 0) is 10.3 Å². The average molecular weight is 813 g/mol. The van der Waals surface area contributed by atoms with Gasteiger partial charge in [-0.05, 0) is 92.3 Å². The number of ether oxygens (including phenoxy) is 1. The standard InChI is InChI=1S/C21H21BrN2O2.C21H23BrN2O/c1-4-26-21(25)19-13-24(16-11-9-15(22)10-12-16)20(23-19)18-8-6-5-7-17(18)14(2)3;1-14(2)17-7-5-6-8-18(17)20-23-19(21(3,4)25)13-24(20)16-11-9-15(22)10-12-16/h5-14H,4H2,1-3H3;5-14,25H,1-4H3. The monoisotopic (exact) mass is 810 g/mol. The molecule has 0 amide bonds. The molecule has 264 valence electrons. The number of benzene rings is 4. The SMILES string of the molecule is CC(C)c1ccccc1-c1nc(C(C)(C)O)cn1-c1ccc(Br)cc1.CCOC(=O)c1cn(-c2ccc(Br)cc2)c(-c2ccccc2C(C)C)n1. The van der Waals surface area contributed by atoms with Gasteiger partial charge in [-0.15, -0.1) is 0 Å². The maximum atomic E-state index is 12.2. The van der Waals surface area contributed by atoms with Gasteiger partial charge in [0, 0.05) is 43.8 Å². The molecule has 0 radical (unpaired) electrons. The Bertz CT molecular complexity index is 2090. The highest BCUT2D eigenvalue weighted by molar-refractivity contribution is 9.10. The van der Waals surface area contributed by atoms with E-state index in [-0.39, 0.29) is 0 Å². The number of aromatic nitrogens is 4. The number of imidazole rings is 2. The van der Waals surface area contributed by atoms with Crippen LogP contribution in [-0.4, -0.2) is 36.8 Å². The smallest absolute Gasteiger partial charge is 0.358 e. The van der Waals surface area contributed by atoms with E-state index >= 15 is 0 Å². The molecule has 0 bridgehead atoms. The van der Waals surface area contributed by atoms with Crippen LogP contribution in [0.4, 0.5) is 0 Å². The molecule has 51 heavy (non-hydrogen) atoms. The summed E-state index contributed by atoms with van der Waals surface area (Å²) in [5, 5.41) is 10.5. The largest absolute Gasteiger partial charge is 0.461 e. The van der Waals surface area contributed by atoms with Crippen LogP contribution in [0.25, 0.3) is 34.2 Å². The molecule has 9 heteroatoms. The molecule has 0 aliphatic heterocycles. The van der Waals surface area contributed by atoms with Gasteiger partial charge in [0.15, 0.2) is 5.69 Å². The van der Waals surface area contributed by atoms with Crippen molar-refractivity contribution in [3.63, 3.8) is 0 Å². The lowest BCUT2D eigenvalue weighted by molar-refractivity contribution is 0.0520. The van der Waals surface area contributed by atoms with Gasteiger partial charge >= 0.3 is 5.97 Å². The number of rotatable bonds is 9. The van der Waals surface area contributed by atoms with E-state index in [2.05, 4.69) is 93.4 Å². The fourth-order valence-electron chi connectivity index (χ4n) is 5.74. The Morgan fingerprint density at radius 1 is 0.706 bits per heavy atom. The first-order chi connectivity index (χ1) is 24.3. The summed E-state index contributed by atoms with van der Waals surface area (Å²) in [6.45, 7) is 14.3. The van der Waals surface area contributed by atoms with Gasteiger partial charge in [-0.25, -0.2) is 14.8 Å². The van der Waals surface area contributed by atoms with Gasteiger partial charge in [0.1, 0.15) is 17.2 Å². The lowest BCUT2D eigenvalue weighted by atomic mass is 9.97. The number of nitrogens with zero attached hydrogens (tertiary/aromatic N) is 4. The molecule has 4 aromatic carbocycles. The third kappa shape index (κ3) is 8.95. The van der Waals surface area contributed by atoms with Gasteiger partial charge in [0.25, 0.3) is 0 Å². The second-order valence-electron chi connectivity index (χ2n) is 13.4. The maximum Gasteiger partial charge on any atom is 0.358 e. The van der Waals surface area contributed by atoms with E-state index in [1.807, 2.05) is 83.6 Å². The molecule has 7 nitrogen and oxygen atoms in total. The first-order valence-corrected chi connectivity index (χ1v) is 18.7. The zero-order valence-electron chi connectivity index (χ0n) is 30.1. The molecule has 0 spiro atoms. The molecular weight excluding hydrogens is 768 g/mol. The second kappa shape index (κ2) is 16.4. The number of carbonyl (C=O) groups is 1. The van der Waals surface area contributed by atoms with E-state index in [0.29, 0.717) is 29.8 Å². The van der Waals surface area contributed by atoms with E-state index in [4.69, 9.17) is 9.72 Å². The van der Waals surface area contributed by atoms with Gasteiger partial charge in [-0.2, -0.15) is 0 Å². The molecule has 0 aliphatic carbocycles. The van der Waals surface area contributed by atoms with Crippen molar-refractivity contribution in [2.45, 2.75) is 65.9 Å². The predicted molar refractivity (Wildman–Crippen MR) is 213 cm³/mol. The van der Waals surface area contributed by atoms with Crippen molar-refractivity contribution >= 4 is 37.8 Å². The minimum atomic E-state index is -0.998. The topological polar surface area (TPSA) is 82.2 Å². The number of hydrogen-bond donors (Lipinski definition) is 1. The van der Waals surface area contributed by atoms with Crippen molar-refractivity contribution in [3.8, 4) is 34.2 Å². The third-order valence-corrected chi connectivity index (χ3v) is 9.44. The van der Waals surface area contributed by atoms with Crippen LogP contribution >= 0.6 is 31.9 Å². The molecule has 6 rings (SSSR count). The highest BCUT2D eigenvalue weighted by Gasteiger charge is 2.24. The number of esters is 1. The van der Waals surface area contributed by atoms with Crippen LogP contribution in [0.5, 0.6) is 0 Å². The van der Waals surface area contributed by atoms with E-state index in [9.17, 15) is 9.90 Å². The Kier molecular flexibility index (Phi) is 12.2. The fraction of sp³-hybridized carbons (Fsp3) is 0.262. The van der Waals surface area contributed by atoms with Crippen molar-refractivity contribution in [1.82, 2.24) is 19.1 Å². The van der Waals surface area contributed by atoms with Crippen molar-refractivity contribution in [1.29, 1.82) is 0 Å². The minimum Gasteiger partial charge on any atom is -0.461 e. The van der Waals surface area contributed by atoms with Crippen molar-refractivity contribution in [2.75, 3.05) is 6.61 Å². The van der Waals surface area contributed by atoms with E-state index in [0.717, 1.165) is 43.1 Å². The molecule has 2 heterocycles. The van der Waals surface area contributed by atoms with Gasteiger partial charge in [0.2, 0.25) is 0 Å². The Labute approximate surface area is 317 Å². The molecule has 0 unspecified atom stereocenters. The zero-order chi connectivity index (χ0) is 36.9. The van der Waals surface area contributed by atoms with Crippen LogP contribution in [0.1, 0.15) is 87.6 Å². The maximum absolute atomic E-state index is 12.2. The number of carbonyl (C=O) groups excluding carboxylic acids is 1. The van der Waals surface area contributed by atoms with Crippen molar-refractivity contribution < 1.29 is 14.6 Å². The lowest BCUT2D eigenvalue weighted by Crippen LogP contribution is -2.15. The summed E-state index contributed by atoms with van der Waals surface area (Å²) in [5.41, 5.74) is 6.46. The van der Waals surface area contributed by atoms with E-state index < -0.39 is 11.6 Å². The summed E-state index contributed by atoms with van der Waals surface area (Å²) in [6, 6.07) is 32.5. The number of hydrogen-bond acceptors (Lipinski definition) is 5. The van der Waals surface area contributed by atoms with Crippen LogP contribution in [0.2, 0.25) is 0 Å². The normalized spacial score (nSPS) is 11.5. The Morgan fingerprint density at radius 2 is 1.14 bits per heavy atom. The number of aliphatic hydroxyl groups is 1. The summed E-state index contributed by atoms with van der Waals surface area (Å²) in [5.74, 6) is 1.90. The van der Waals surface area contributed by atoms with Crippen LogP contribution < -0.4 is 0 Å². The highest BCUT2D eigenvalue weighted by atomic mass is 79.9. The number of halogens is 2. The average Bonchev–Trinajstić information content (AvgIpc) is 3.76. The fourth-order valence-corrected chi connectivity index (χ4v) is 6.27. The highest BCUT2D eigenvalue weighted by Crippen LogP contribution is 2.34. The quantitative estimate of drug-likeness (QED) is 0.147. The Hall–Kier alpha value is -4.31. The third-order valence-electron chi connectivity index (χ3n) is 8.38. The van der Waals surface area contributed by atoms with Crippen LogP contribution in [0.3, 0.4) is 0 Å². The molecule has 0 aliphatic rings. The van der Waals surface area contributed by atoms with Crippen molar-refractivity contribution in [3.05, 3.63) is 141 Å². The summed E-state index contributed by atoms with van der Waals surface area (Å²) >= 11 is 6.95. The Morgan fingerprint density at radius 3 is 1.57 bits per heavy atom. The van der Waals surface area contributed by atoms with Gasteiger partial charge in [0.05, 0.1) is 12.3 Å². The molecule has 0 saturated carbocycles. The van der Waals surface area contributed by atoms with E-state index in [1.54, 1.807) is 27.0 Å². The summed E-state index contributed by atoms with van der Waals surface area (Å²) in [7, 11) is 0. The van der Waals surface area contributed by atoms with E-state index in [1.165, 1.54) is 11.1 Å². The summed E-state index contributed by atoms with van der Waals surface area (Å²) in [4.78, 5) is 21.7. The van der Waals surface area contributed by atoms with Crippen molar-refractivity contribution in [2.24, 2.45) is 0 Å².